The number of hydrogen-bond donors (Lipinski definition) is 1. The molecule has 0 radical (unpaired) electrons. The van der Waals surface area contributed by atoms with Crippen LogP contribution in [0.25, 0.3) is 22.2 Å². The highest BCUT2D eigenvalue weighted by atomic mass is 16.6. The molecule has 1 aliphatic carbocycles. The summed E-state index contributed by atoms with van der Waals surface area (Å²) in [6, 6.07) is 15.9. The third-order valence-electron chi connectivity index (χ3n) is 5.06. The van der Waals surface area contributed by atoms with Gasteiger partial charge in [0, 0.05) is 29.1 Å². The molecular weight excluding hydrogens is 360 g/mol. The largest absolute Gasteiger partial charge is 0.490 e. The highest BCUT2D eigenvalue weighted by Crippen LogP contribution is 2.36. The van der Waals surface area contributed by atoms with Crippen molar-refractivity contribution in [2.75, 3.05) is 0 Å². The Bertz CT molecular complexity index is 1050. The number of ether oxygens (including phenoxy) is 1. The van der Waals surface area contributed by atoms with Crippen LogP contribution in [0.2, 0.25) is 0 Å². The van der Waals surface area contributed by atoms with Crippen molar-refractivity contribution in [2.24, 2.45) is 5.92 Å². The number of carbonyl (C=O) groups is 1. The molecule has 1 fully saturated rings. The Morgan fingerprint density at radius 2 is 1.93 bits per heavy atom. The van der Waals surface area contributed by atoms with Gasteiger partial charge in [-0.25, -0.2) is 4.98 Å². The molecule has 1 N–H and O–H groups in total. The maximum Gasteiger partial charge on any atom is 0.306 e. The number of fused-ring (bicyclic) bond motifs is 1. The van der Waals surface area contributed by atoms with Crippen molar-refractivity contribution in [3.63, 3.8) is 0 Å². The summed E-state index contributed by atoms with van der Waals surface area (Å²) in [6.45, 7) is 0. The molecule has 3 aromatic rings. The Balaban J connectivity index is 1.77. The number of aliphatic carboxylic acids is 1. The molecule has 1 aliphatic rings. The monoisotopic (exact) mass is 378 g/mol. The molecule has 1 saturated carbocycles. The van der Waals surface area contributed by atoms with Crippen molar-refractivity contribution >= 4 is 22.6 Å². The maximum atomic E-state index is 11.2. The number of rotatable bonds is 5. The zero-order valence-corrected chi connectivity index (χ0v) is 14.9. The van der Waals surface area contributed by atoms with Crippen molar-refractivity contribution < 1.29 is 19.6 Å². The minimum atomic E-state index is -0.814. The van der Waals surface area contributed by atoms with Crippen LogP contribution in [-0.2, 0) is 4.79 Å². The molecule has 0 aliphatic heterocycles. The standard InChI is InChI=1S/C21H18N2O5/c24-21(25)14-6-8-16(10-14)28-20-12-19(13-4-2-1-3-5-13)22-18-9-7-15(23(26)27)11-17(18)20/h1-5,7,9,11-12,14,16H,6,8,10H2,(H,24,25)/t14-,16?/m0/s1. The Kier molecular flexibility index (Phi) is 4.65. The van der Waals surface area contributed by atoms with Gasteiger partial charge in [-0.3, -0.25) is 14.9 Å². The molecular formula is C21H18N2O5. The lowest BCUT2D eigenvalue weighted by Gasteiger charge is -2.16. The van der Waals surface area contributed by atoms with Crippen LogP contribution >= 0.6 is 0 Å². The summed E-state index contributed by atoms with van der Waals surface area (Å²) in [7, 11) is 0. The Morgan fingerprint density at radius 3 is 2.61 bits per heavy atom. The summed E-state index contributed by atoms with van der Waals surface area (Å²) in [6.07, 6.45) is 1.38. The van der Waals surface area contributed by atoms with Gasteiger partial charge in [-0.2, -0.15) is 0 Å². The van der Waals surface area contributed by atoms with E-state index in [0.29, 0.717) is 41.6 Å². The molecule has 142 valence electrons. The number of nitrogens with zero attached hydrogens (tertiary/aromatic N) is 2. The molecule has 0 saturated heterocycles. The normalized spacial score (nSPS) is 18.9. The molecule has 7 heteroatoms. The van der Waals surface area contributed by atoms with Crippen molar-refractivity contribution in [2.45, 2.75) is 25.4 Å². The first-order chi connectivity index (χ1) is 13.5. The Morgan fingerprint density at radius 1 is 1.14 bits per heavy atom. The van der Waals surface area contributed by atoms with E-state index >= 15 is 0 Å². The van der Waals surface area contributed by atoms with Crippen LogP contribution in [0.5, 0.6) is 5.75 Å². The van der Waals surface area contributed by atoms with E-state index in [9.17, 15) is 20.0 Å². The predicted molar refractivity (Wildman–Crippen MR) is 103 cm³/mol. The lowest BCUT2D eigenvalue weighted by atomic mass is 10.1. The molecule has 0 amide bonds. The molecule has 4 rings (SSSR count). The van der Waals surface area contributed by atoms with Gasteiger partial charge in [0.1, 0.15) is 5.75 Å². The van der Waals surface area contributed by atoms with E-state index in [1.54, 1.807) is 12.1 Å². The Hall–Kier alpha value is -3.48. The number of aromatic nitrogens is 1. The second-order valence-electron chi connectivity index (χ2n) is 6.92. The van der Waals surface area contributed by atoms with Gasteiger partial charge < -0.3 is 9.84 Å². The molecule has 2 aromatic carbocycles. The zero-order chi connectivity index (χ0) is 19.7. The van der Waals surface area contributed by atoms with E-state index in [-0.39, 0.29) is 11.8 Å². The number of carboxylic acids is 1. The van der Waals surface area contributed by atoms with E-state index in [4.69, 9.17) is 4.74 Å². The molecule has 1 aromatic heterocycles. The highest BCUT2D eigenvalue weighted by molar-refractivity contribution is 5.89. The summed E-state index contributed by atoms with van der Waals surface area (Å²) in [4.78, 5) is 26.6. The quantitative estimate of drug-likeness (QED) is 0.520. The summed E-state index contributed by atoms with van der Waals surface area (Å²) >= 11 is 0. The van der Waals surface area contributed by atoms with Gasteiger partial charge in [-0.1, -0.05) is 30.3 Å². The smallest absolute Gasteiger partial charge is 0.306 e. The third kappa shape index (κ3) is 3.51. The number of pyridine rings is 1. The van der Waals surface area contributed by atoms with Crippen LogP contribution in [0.4, 0.5) is 5.69 Å². The third-order valence-corrected chi connectivity index (χ3v) is 5.06. The van der Waals surface area contributed by atoms with E-state index in [1.165, 1.54) is 12.1 Å². The zero-order valence-electron chi connectivity index (χ0n) is 14.9. The number of carboxylic acid groups (broad SMARTS) is 1. The first kappa shape index (κ1) is 17.9. The van der Waals surface area contributed by atoms with Crippen LogP contribution < -0.4 is 4.74 Å². The fourth-order valence-corrected chi connectivity index (χ4v) is 3.60. The fraction of sp³-hybridized carbons (Fsp3) is 0.238. The van der Waals surface area contributed by atoms with Crippen molar-refractivity contribution in [3.8, 4) is 17.0 Å². The molecule has 7 nitrogen and oxygen atoms in total. The van der Waals surface area contributed by atoms with Crippen LogP contribution in [0.15, 0.2) is 54.6 Å². The minimum absolute atomic E-state index is 0.0403. The van der Waals surface area contributed by atoms with Gasteiger partial charge in [0.25, 0.3) is 5.69 Å². The van der Waals surface area contributed by atoms with Gasteiger partial charge in [-0.15, -0.1) is 0 Å². The van der Waals surface area contributed by atoms with Gasteiger partial charge in [-0.05, 0) is 25.3 Å². The summed E-state index contributed by atoms with van der Waals surface area (Å²) in [5.74, 6) is -0.740. The average molecular weight is 378 g/mol. The molecule has 28 heavy (non-hydrogen) atoms. The van der Waals surface area contributed by atoms with E-state index in [1.807, 2.05) is 30.3 Å². The van der Waals surface area contributed by atoms with Crippen molar-refractivity contribution in [3.05, 3.63) is 64.7 Å². The maximum absolute atomic E-state index is 11.2. The van der Waals surface area contributed by atoms with Crippen molar-refractivity contribution in [1.29, 1.82) is 0 Å². The molecule has 2 atom stereocenters. The van der Waals surface area contributed by atoms with Gasteiger partial charge in [0.05, 0.1) is 28.2 Å². The molecule has 0 bridgehead atoms. The van der Waals surface area contributed by atoms with E-state index < -0.39 is 16.8 Å². The number of hydrogen-bond acceptors (Lipinski definition) is 5. The number of non-ortho nitro benzene ring substituents is 1. The number of nitro benzene ring substituents is 1. The highest BCUT2D eigenvalue weighted by Gasteiger charge is 2.31. The van der Waals surface area contributed by atoms with Crippen LogP contribution in [0.3, 0.4) is 0 Å². The molecule has 1 unspecified atom stereocenters. The summed E-state index contributed by atoms with van der Waals surface area (Å²) in [5, 5.41) is 21.0. The lowest BCUT2D eigenvalue weighted by Crippen LogP contribution is -2.15. The fourth-order valence-electron chi connectivity index (χ4n) is 3.60. The second-order valence-corrected chi connectivity index (χ2v) is 6.92. The summed E-state index contributed by atoms with van der Waals surface area (Å²) < 4.78 is 6.14. The number of nitro groups is 1. The average Bonchev–Trinajstić information content (AvgIpc) is 3.17. The predicted octanol–water partition coefficient (Wildman–Crippen LogP) is 4.44. The Labute approximate surface area is 160 Å². The first-order valence-electron chi connectivity index (χ1n) is 9.05. The van der Waals surface area contributed by atoms with Gasteiger partial charge in [0.2, 0.25) is 0 Å². The SMILES string of the molecule is O=C(O)[C@H]1CCC(Oc2cc(-c3ccccc3)nc3ccc([N+](=O)[O-])cc23)C1. The van der Waals surface area contributed by atoms with Crippen LogP contribution in [0.1, 0.15) is 19.3 Å². The minimum Gasteiger partial charge on any atom is -0.490 e. The molecule has 0 spiro atoms. The lowest BCUT2D eigenvalue weighted by molar-refractivity contribution is -0.384. The first-order valence-corrected chi connectivity index (χ1v) is 9.05. The van der Waals surface area contributed by atoms with E-state index in [2.05, 4.69) is 4.98 Å². The van der Waals surface area contributed by atoms with Gasteiger partial charge >= 0.3 is 5.97 Å². The van der Waals surface area contributed by atoms with E-state index in [0.717, 1.165) is 5.56 Å². The number of benzene rings is 2. The van der Waals surface area contributed by atoms with Crippen LogP contribution in [-0.4, -0.2) is 27.1 Å². The van der Waals surface area contributed by atoms with Crippen LogP contribution in [0, 0.1) is 16.0 Å². The molecule has 1 heterocycles. The second kappa shape index (κ2) is 7.26. The van der Waals surface area contributed by atoms with Gasteiger partial charge in [0.15, 0.2) is 0 Å². The van der Waals surface area contributed by atoms with Crippen molar-refractivity contribution in [1.82, 2.24) is 4.98 Å². The summed E-state index contributed by atoms with van der Waals surface area (Å²) in [5.41, 5.74) is 2.16. The topological polar surface area (TPSA) is 103 Å².